The van der Waals surface area contributed by atoms with Crippen molar-refractivity contribution in [3.05, 3.63) is 40.6 Å². The molecule has 0 aliphatic carbocycles. The van der Waals surface area contributed by atoms with E-state index >= 15 is 0 Å². The molecule has 172 valence electrons. The quantitative estimate of drug-likeness (QED) is 0.603. The number of hydrogen-bond acceptors (Lipinski definition) is 6. The van der Waals surface area contributed by atoms with Gasteiger partial charge in [-0.15, -0.1) is 0 Å². The average Bonchev–Trinajstić information content (AvgIpc) is 2.78. The van der Waals surface area contributed by atoms with Gasteiger partial charge >= 0.3 is 12.0 Å². The molecule has 0 atom stereocenters. The number of nitrogen functional groups attached to an aromatic ring is 1. The smallest absolute Gasteiger partial charge is 0.322 e. The monoisotopic (exact) mass is 438 g/mol. The lowest BCUT2D eigenvalue weighted by atomic mass is 10.0. The zero-order valence-electron chi connectivity index (χ0n) is 19.2. The summed E-state index contributed by atoms with van der Waals surface area (Å²) in [5.74, 6) is 0.243. The number of piperidine rings is 1. The van der Waals surface area contributed by atoms with Crippen LogP contribution in [0.25, 0.3) is 0 Å². The summed E-state index contributed by atoms with van der Waals surface area (Å²) >= 11 is 0. The zero-order chi connectivity index (χ0) is 22.5. The minimum absolute atomic E-state index is 0.192. The number of ether oxygens (including phenoxy) is 1. The highest BCUT2D eigenvalue weighted by Gasteiger charge is 2.27. The highest BCUT2D eigenvalue weighted by Crippen LogP contribution is 2.29. The Bertz CT molecular complexity index is 958. The zero-order valence-corrected chi connectivity index (χ0v) is 19.2. The van der Waals surface area contributed by atoms with Gasteiger partial charge in [-0.3, -0.25) is 4.90 Å². The molecule has 0 unspecified atom stereocenters. The maximum atomic E-state index is 12.7. The Morgan fingerprint density at radius 3 is 2.72 bits per heavy atom. The van der Waals surface area contributed by atoms with Crippen LogP contribution in [0.3, 0.4) is 0 Å². The largest absolute Gasteiger partial charge is 0.463 e. The number of amides is 2. The molecule has 1 aromatic heterocycles. The number of urea groups is 1. The van der Waals surface area contributed by atoms with E-state index in [1.165, 1.54) is 43.5 Å². The molecule has 2 aliphatic heterocycles. The van der Waals surface area contributed by atoms with Crippen LogP contribution in [-0.2, 0) is 19.6 Å². The molecule has 8 heteroatoms. The fourth-order valence-electron chi connectivity index (χ4n) is 4.30. The summed E-state index contributed by atoms with van der Waals surface area (Å²) < 4.78 is 5.63. The van der Waals surface area contributed by atoms with Crippen LogP contribution in [0.1, 0.15) is 61.4 Å². The summed E-state index contributed by atoms with van der Waals surface area (Å²) in [5.41, 5.74) is 11.0. The fraction of sp³-hybridized carbons (Fsp3) is 0.542. The van der Waals surface area contributed by atoms with Gasteiger partial charge in [0.25, 0.3) is 0 Å². The molecule has 3 N–H and O–H groups in total. The number of nitrogens with zero attached hydrogens (tertiary/aromatic N) is 4. The molecule has 4 rings (SSSR count). The number of anilines is 2. The topological polar surface area (TPSA) is 96.6 Å². The molecule has 3 heterocycles. The van der Waals surface area contributed by atoms with E-state index < -0.39 is 0 Å². The molecule has 1 saturated heterocycles. The summed E-state index contributed by atoms with van der Waals surface area (Å²) in [4.78, 5) is 25.6. The molecule has 8 nitrogen and oxygen atoms in total. The van der Waals surface area contributed by atoms with E-state index in [0.717, 1.165) is 24.9 Å². The number of likely N-dealkylation sites (tertiary alicyclic amines) is 1. The molecule has 2 amide bonds. The Labute approximate surface area is 190 Å². The van der Waals surface area contributed by atoms with Crippen LogP contribution in [0.2, 0.25) is 0 Å². The summed E-state index contributed by atoms with van der Waals surface area (Å²) in [6, 6.07) is 6.60. The lowest BCUT2D eigenvalue weighted by Crippen LogP contribution is -2.39. The Kier molecular flexibility index (Phi) is 7.09. The number of rotatable bonds is 8. The highest BCUT2D eigenvalue weighted by atomic mass is 16.5. The molecular formula is C24H34N6O2. The third kappa shape index (κ3) is 5.30. The van der Waals surface area contributed by atoms with Gasteiger partial charge in [0, 0.05) is 13.1 Å². The lowest BCUT2D eigenvalue weighted by molar-refractivity contribution is 0.202. The summed E-state index contributed by atoms with van der Waals surface area (Å²) in [6.45, 7) is 9.05. The second-order valence-electron chi connectivity index (χ2n) is 8.80. The summed E-state index contributed by atoms with van der Waals surface area (Å²) in [7, 11) is 0. The molecule has 0 spiro atoms. The number of benzene rings is 1. The van der Waals surface area contributed by atoms with Crippen LogP contribution >= 0.6 is 0 Å². The van der Waals surface area contributed by atoms with Crippen LogP contribution in [-0.4, -0.2) is 45.5 Å². The van der Waals surface area contributed by atoms with Crippen LogP contribution < -0.4 is 15.8 Å². The van der Waals surface area contributed by atoms with Crippen LogP contribution in [0.15, 0.2) is 18.2 Å². The first-order valence-corrected chi connectivity index (χ1v) is 11.7. The van der Waals surface area contributed by atoms with Gasteiger partial charge in [-0.25, -0.2) is 4.79 Å². The number of carbonyl (C=O) groups is 1. The molecule has 2 aromatic rings. The van der Waals surface area contributed by atoms with E-state index in [2.05, 4.69) is 52.2 Å². The van der Waals surface area contributed by atoms with E-state index in [1.54, 1.807) is 4.90 Å². The molecule has 1 fully saturated rings. The Morgan fingerprint density at radius 2 is 1.97 bits per heavy atom. The first kappa shape index (κ1) is 22.3. The van der Waals surface area contributed by atoms with Gasteiger partial charge in [0.2, 0.25) is 0 Å². The third-order valence-corrected chi connectivity index (χ3v) is 6.20. The predicted molar refractivity (Wildman–Crippen MR) is 125 cm³/mol. The van der Waals surface area contributed by atoms with E-state index in [4.69, 9.17) is 10.5 Å². The van der Waals surface area contributed by atoms with Gasteiger partial charge in [0.1, 0.15) is 5.69 Å². The highest BCUT2D eigenvalue weighted by molar-refractivity contribution is 5.94. The van der Waals surface area contributed by atoms with E-state index in [-0.39, 0.29) is 17.9 Å². The van der Waals surface area contributed by atoms with Gasteiger partial charge in [-0.05, 0) is 56.0 Å². The first-order valence-electron chi connectivity index (χ1n) is 11.7. The lowest BCUT2D eigenvalue weighted by Gasteiger charge is -2.30. The van der Waals surface area contributed by atoms with Gasteiger partial charge in [0.05, 0.1) is 18.8 Å². The molecule has 32 heavy (non-hydrogen) atoms. The number of carbonyl (C=O) groups excluding carboxylic acids is 1. The average molecular weight is 439 g/mol. The molecular weight excluding hydrogens is 404 g/mol. The summed E-state index contributed by atoms with van der Waals surface area (Å²) in [6.07, 6.45) is 5.89. The Morgan fingerprint density at radius 1 is 1.16 bits per heavy atom. The minimum Gasteiger partial charge on any atom is -0.463 e. The number of aromatic nitrogens is 2. The van der Waals surface area contributed by atoms with Crippen LogP contribution in [0.5, 0.6) is 6.01 Å². The molecule has 2 aliphatic rings. The maximum absolute atomic E-state index is 12.7. The molecule has 0 saturated carbocycles. The predicted octanol–water partition coefficient (Wildman–Crippen LogP) is 4.08. The number of aryl methyl sites for hydroxylation is 1. The first-order chi connectivity index (χ1) is 15.5. The van der Waals surface area contributed by atoms with Crippen molar-refractivity contribution in [3.8, 4) is 6.01 Å². The number of nitrogens with two attached hydrogens (primary N) is 1. The second kappa shape index (κ2) is 10.2. The third-order valence-electron chi connectivity index (χ3n) is 6.20. The molecule has 0 radical (unpaired) electrons. The number of nitrogens with one attached hydrogen (secondary N) is 1. The van der Waals surface area contributed by atoms with Crippen molar-refractivity contribution in [1.29, 1.82) is 0 Å². The van der Waals surface area contributed by atoms with Crippen molar-refractivity contribution in [2.24, 2.45) is 0 Å². The minimum atomic E-state index is -0.192. The Balaban J connectivity index is 1.43. The van der Waals surface area contributed by atoms with Crippen LogP contribution in [0.4, 0.5) is 16.3 Å². The van der Waals surface area contributed by atoms with Crippen molar-refractivity contribution in [2.45, 2.75) is 65.6 Å². The van der Waals surface area contributed by atoms with Crippen molar-refractivity contribution >= 4 is 17.5 Å². The molecule has 0 bridgehead atoms. The summed E-state index contributed by atoms with van der Waals surface area (Å²) in [5, 5.41) is 2.85. The normalized spacial score (nSPS) is 16.6. The number of fused-ring (bicyclic) bond motifs is 1. The molecule has 1 aromatic carbocycles. The van der Waals surface area contributed by atoms with Crippen molar-refractivity contribution in [1.82, 2.24) is 19.8 Å². The van der Waals surface area contributed by atoms with Gasteiger partial charge in [-0.2, -0.15) is 9.97 Å². The fourth-order valence-corrected chi connectivity index (χ4v) is 4.30. The van der Waals surface area contributed by atoms with E-state index in [1.807, 2.05) is 0 Å². The number of hydrogen-bond donors (Lipinski definition) is 2. The van der Waals surface area contributed by atoms with Gasteiger partial charge in [-0.1, -0.05) is 38.0 Å². The Hall–Kier alpha value is -2.87. The van der Waals surface area contributed by atoms with Gasteiger partial charge < -0.3 is 20.7 Å². The van der Waals surface area contributed by atoms with Crippen molar-refractivity contribution in [2.75, 3.05) is 30.7 Å². The van der Waals surface area contributed by atoms with Crippen LogP contribution in [0, 0.1) is 6.92 Å². The second-order valence-corrected chi connectivity index (χ2v) is 8.80. The number of unbranched alkanes of at least 4 members (excludes halogenated alkanes) is 1. The SMILES string of the molecule is CCCCOc1nc(N)c2c(n1)CN(Cc1ccc(CN3CCCCC3)c(C)c1)C(=O)N2. The maximum Gasteiger partial charge on any atom is 0.322 e. The standard InChI is InChI=1S/C24H34N6O2/c1-3-4-12-32-23-26-20-16-30(24(31)27-21(20)22(25)28-23)14-18-8-9-19(17(2)13-18)15-29-10-6-5-7-11-29/h8-9,13H,3-7,10-12,14-16H2,1-2H3,(H,27,31)(H2,25,26,28). The van der Waals surface area contributed by atoms with Crippen molar-refractivity contribution < 1.29 is 9.53 Å². The van der Waals surface area contributed by atoms with E-state index in [9.17, 15) is 4.79 Å². The van der Waals surface area contributed by atoms with Crippen molar-refractivity contribution in [3.63, 3.8) is 0 Å². The van der Waals surface area contributed by atoms with Gasteiger partial charge in [0.15, 0.2) is 5.82 Å². The van der Waals surface area contributed by atoms with E-state index in [0.29, 0.717) is 31.1 Å².